The van der Waals surface area contributed by atoms with Crippen LogP contribution in [0.2, 0.25) is 0 Å². The van der Waals surface area contributed by atoms with Crippen molar-refractivity contribution in [1.29, 1.82) is 5.26 Å². The van der Waals surface area contributed by atoms with E-state index in [1.54, 1.807) is 18.2 Å². The lowest BCUT2D eigenvalue weighted by Crippen LogP contribution is -2.38. The fourth-order valence-electron chi connectivity index (χ4n) is 4.71. The van der Waals surface area contributed by atoms with E-state index in [1.165, 1.54) is 0 Å². The van der Waals surface area contributed by atoms with E-state index in [9.17, 15) is 19.6 Å². The van der Waals surface area contributed by atoms with Crippen molar-refractivity contribution in [2.75, 3.05) is 11.9 Å². The fourth-order valence-corrected chi connectivity index (χ4v) is 4.71. The van der Waals surface area contributed by atoms with Gasteiger partial charge in [0, 0.05) is 34.4 Å². The lowest BCUT2D eigenvalue weighted by Gasteiger charge is -2.12. The van der Waals surface area contributed by atoms with Crippen molar-refractivity contribution >= 4 is 40.5 Å². The Morgan fingerprint density at radius 2 is 1.79 bits per heavy atom. The molecule has 38 heavy (non-hydrogen) atoms. The Hall–Kier alpha value is -5.16. The van der Waals surface area contributed by atoms with Crippen LogP contribution in [0.15, 0.2) is 78.5 Å². The van der Waals surface area contributed by atoms with Gasteiger partial charge in [-0.1, -0.05) is 48.5 Å². The minimum Gasteiger partial charge on any atom is -0.340 e. The van der Waals surface area contributed by atoms with Gasteiger partial charge in [0.25, 0.3) is 5.91 Å². The van der Waals surface area contributed by atoms with Crippen molar-refractivity contribution in [2.24, 2.45) is 0 Å². The first kappa shape index (κ1) is 24.5. The number of aromatic nitrogens is 1. The van der Waals surface area contributed by atoms with E-state index in [0.717, 1.165) is 38.2 Å². The summed E-state index contributed by atoms with van der Waals surface area (Å²) in [5.41, 5.74) is 5.76. The van der Waals surface area contributed by atoms with Gasteiger partial charge in [-0.3, -0.25) is 9.59 Å². The van der Waals surface area contributed by atoms with Crippen LogP contribution >= 0.6 is 0 Å². The summed E-state index contributed by atoms with van der Waals surface area (Å²) in [7, 11) is 0. The molecular formula is C30H25N5O3. The first-order valence-electron chi connectivity index (χ1n) is 12.1. The number of nitrogens with one attached hydrogen (secondary N) is 2. The van der Waals surface area contributed by atoms with Crippen molar-refractivity contribution in [1.82, 2.24) is 14.8 Å². The molecule has 0 radical (unpaired) electrons. The number of carbonyl (C=O) groups excluding carboxylic acids is 3. The van der Waals surface area contributed by atoms with Gasteiger partial charge in [0.15, 0.2) is 0 Å². The number of imide groups is 1. The molecule has 0 spiro atoms. The number of hydrogen-bond acceptors (Lipinski definition) is 4. The molecule has 1 aliphatic heterocycles. The van der Waals surface area contributed by atoms with Gasteiger partial charge in [0.05, 0.1) is 11.6 Å². The number of para-hydroxylation sites is 1. The number of amides is 4. The summed E-state index contributed by atoms with van der Waals surface area (Å²) in [6.07, 6.45) is 1.66. The van der Waals surface area contributed by atoms with E-state index in [2.05, 4.69) is 21.3 Å². The van der Waals surface area contributed by atoms with Crippen LogP contribution in [0.25, 0.3) is 17.0 Å². The van der Waals surface area contributed by atoms with Crippen molar-refractivity contribution in [3.63, 3.8) is 0 Å². The third-order valence-corrected chi connectivity index (χ3v) is 6.60. The molecule has 4 amide bonds. The molecule has 1 aliphatic rings. The summed E-state index contributed by atoms with van der Waals surface area (Å²) in [6, 6.07) is 24.1. The summed E-state index contributed by atoms with van der Waals surface area (Å²) in [5, 5.41) is 15.8. The molecule has 1 aromatic heterocycles. The van der Waals surface area contributed by atoms with E-state index in [4.69, 9.17) is 0 Å². The van der Waals surface area contributed by atoms with Gasteiger partial charge in [0.2, 0.25) is 5.91 Å². The molecule has 2 heterocycles. The van der Waals surface area contributed by atoms with Crippen LogP contribution < -0.4 is 10.6 Å². The largest absolute Gasteiger partial charge is 0.340 e. The second kappa shape index (κ2) is 10.1. The van der Waals surface area contributed by atoms with Crippen molar-refractivity contribution < 1.29 is 14.4 Å². The normalized spacial score (nSPS) is 14.1. The van der Waals surface area contributed by atoms with Crippen molar-refractivity contribution in [3.8, 4) is 6.07 Å². The maximum atomic E-state index is 13.1. The van der Waals surface area contributed by atoms with Crippen LogP contribution in [-0.2, 0) is 16.1 Å². The van der Waals surface area contributed by atoms with Crippen LogP contribution in [0.5, 0.6) is 0 Å². The third kappa shape index (κ3) is 4.65. The molecule has 2 N–H and O–H groups in total. The first-order valence-corrected chi connectivity index (χ1v) is 12.1. The minimum atomic E-state index is -0.648. The second-order valence-corrected chi connectivity index (χ2v) is 9.17. The molecule has 0 aliphatic carbocycles. The Labute approximate surface area is 219 Å². The van der Waals surface area contributed by atoms with E-state index < -0.39 is 24.4 Å². The van der Waals surface area contributed by atoms with Crippen LogP contribution in [0.1, 0.15) is 27.9 Å². The molecule has 188 valence electrons. The molecule has 0 bridgehead atoms. The third-order valence-electron chi connectivity index (χ3n) is 6.60. The zero-order chi connectivity index (χ0) is 26.8. The zero-order valence-corrected chi connectivity index (χ0v) is 21.0. The lowest BCUT2D eigenvalue weighted by atomic mass is 10.1. The number of nitriles is 1. The quantitative estimate of drug-likeness (QED) is 0.294. The molecular weight excluding hydrogens is 478 g/mol. The Morgan fingerprint density at radius 1 is 1.03 bits per heavy atom. The van der Waals surface area contributed by atoms with Gasteiger partial charge in [0.1, 0.15) is 12.2 Å². The van der Waals surface area contributed by atoms with Gasteiger partial charge < -0.3 is 15.2 Å². The van der Waals surface area contributed by atoms with Gasteiger partial charge in [-0.15, -0.1) is 0 Å². The number of carbonyl (C=O) groups is 3. The standard InChI is InChI=1S/C30H25N5O3/c1-19-8-7-11-23(14-19)32-28(36)18-35-29(37)26(33-30(35)38)15-25-20(2)34(27-13-6-5-12-24(25)27)17-22-10-4-3-9-21(22)16-31/h3-15H,17-18H2,1-2H3,(H,32,36)(H,33,38)/b26-15+. The number of nitrogens with zero attached hydrogens (tertiary/aromatic N) is 3. The highest BCUT2D eigenvalue weighted by atomic mass is 16.2. The molecule has 0 unspecified atom stereocenters. The van der Waals surface area contributed by atoms with Crippen LogP contribution in [0.3, 0.4) is 0 Å². The zero-order valence-electron chi connectivity index (χ0n) is 21.0. The average molecular weight is 504 g/mol. The summed E-state index contributed by atoms with van der Waals surface area (Å²) < 4.78 is 2.09. The molecule has 5 rings (SSSR count). The molecule has 8 nitrogen and oxygen atoms in total. The van der Waals surface area contributed by atoms with E-state index in [-0.39, 0.29) is 5.70 Å². The monoisotopic (exact) mass is 503 g/mol. The number of urea groups is 1. The molecule has 8 heteroatoms. The minimum absolute atomic E-state index is 0.0989. The highest BCUT2D eigenvalue weighted by Gasteiger charge is 2.35. The Bertz CT molecular complexity index is 1670. The number of rotatable bonds is 6. The van der Waals surface area contributed by atoms with E-state index in [1.807, 2.05) is 74.5 Å². The summed E-state index contributed by atoms with van der Waals surface area (Å²) in [4.78, 5) is 39.2. The maximum absolute atomic E-state index is 13.1. The SMILES string of the molecule is Cc1cccc(NC(=O)CN2C(=O)N/C(=C/c3c(C)n(Cc4ccccc4C#N)c4ccccc34)C2=O)c1. The summed E-state index contributed by atoms with van der Waals surface area (Å²) in [5.74, 6) is -1.04. The highest BCUT2D eigenvalue weighted by Crippen LogP contribution is 2.30. The predicted molar refractivity (Wildman–Crippen MR) is 145 cm³/mol. The van der Waals surface area contributed by atoms with E-state index >= 15 is 0 Å². The number of fused-ring (bicyclic) bond motifs is 1. The fraction of sp³-hybridized carbons (Fsp3) is 0.133. The lowest BCUT2D eigenvalue weighted by molar-refractivity contribution is -0.127. The van der Waals surface area contributed by atoms with Gasteiger partial charge in [-0.05, 0) is 55.3 Å². The summed E-state index contributed by atoms with van der Waals surface area (Å²) in [6.45, 7) is 3.92. The number of aryl methyl sites for hydroxylation is 1. The van der Waals surface area contributed by atoms with Crippen molar-refractivity contribution in [2.45, 2.75) is 20.4 Å². The maximum Gasteiger partial charge on any atom is 0.329 e. The first-order chi connectivity index (χ1) is 18.4. The molecule has 1 saturated heterocycles. The van der Waals surface area contributed by atoms with E-state index in [0.29, 0.717) is 17.8 Å². The Kier molecular flexibility index (Phi) is 6.50. The Balaban J connectivity index is 1.43. The molecule has 1 fully saturated rings. The topological polar surface area (TPSA) is 107 Å². The molecule has 0 atom stereocenters. The van der Waals surface area contributed by atoms with Crippen LogP contribution in [-0.4, -0.2) is 33.9 Å². The molecule has 4 aromatic rings. The molecule has 3 aromatic carbocycles. The van der Waals surface area contributed by atoms with Gasteiger partial charge >= 0.3 is 6.03 Å². The molecule has 0 saturated carbocycles. The second-order valence-electron chi connectivity index (χ2n) is 9.17. The predicted octanol–water partition coefficient (Wildman–Crippen LogP) is 4.71. The highest BCUT2D eigenvalue weighted by molar-refractivity contribution is 6.16. The van der Waals surface area contributed by atoms with Crippen LogP contribution in [0, 0.1) is 25.2 Å². The smallest absolute Gasteiger partial charge is 0.329 e. The van der Waals surface area contributed by atoms with Crippen molar-refractivity contribution in [3.05, 3.63) is 106 Å². The van der Waals surface area contributed by atoms with Gasteiger partial charge in [-0.25, -0.2) is 9.69 Å². The number of benzene rings is 3. The Morgan fingerprint density at radius 3 is 2.58 bits per heavy atom. The number of anilines is 1. The van der Waals surface area contributed by atoms with Gasteiger partial charge in [-0.2, -0.15) is 5.26 Å². The van der Waals surface area contributed by atoms with Crippen LogP contribution in [0.4, 0.5) is 10.5 Å². The summed E-state index contributed by atoms with van der Waals surface area (Å²) >= 11 is 0. The number of hydrogen-bond donors (Lipinski definition) is 2. The average Bonchev–Trinajstić information content (AvgIpc) is 3.32.